The molecule has 1 aromatic rings. The number of hydrogen-bond acceptors (Lipinski definition) is 1. The third-order valence-electron chi connectivity index (χ3n) is 3.92. The molecule has 0 bridgehead atoms. The fourth-order valence-electron chi connectivity index (χ4n) is 2.58. The fraction of sp³-hybridized carbons (Fsp3) is 0.571. The Kier molecular flexibility index (Phi) is 2.95. The molecule has 0 saturated heterocycles. The monoisotopic (exact) mass is 298 g/mol. The first kappa shape index (κ1) is 12.5. The maximum absolute atomic E-state index is 4.52. The molecule has 16 heavy (non-hydrogen) atoms. The van der Waals surface area contributed by atoms with Gasteiger partial charge in [0.1, 0.15) is 0 Å². The molecule has 0 saturated carbocycles. The van der Waals surface area contributed by atoms with Crippen molar-refractivity contribution in [2.75, 3.05) is 0 Å². The predicted octanol–water partition coefficient (Wildman–Crippen LogP) is 5.09. The van der Waals surface area contributed by atoms with E-state index in [9.17, 15) is 0 Å². The Bertz CT molecular complexity index is 392. The maximum Gasteiger partial charge on any atom is 0.0311 e. The third-order valence-corrected chi connectivity index (χ3v) is 5.25. The number of hydrogen-bond donors (Lipinski definition) is 1. The lowest BCUT2D eigenvalue weighted by Crippen LogP contribution is -2.33. The zero-order chi connectivity index (χ0) is 12.1. The van der Waals surface area contributed by atoms with Gasteiger partial charge in [-0.15, -0.1) is 12.6 Å². The Morgan fingerprint density at radius 2 is 1.44 bits per heavy atom. The van der Waals surface area contributed by atoms with Crippen LogP contribution in [0.4, 0.5) is 0 Å². The van der Waals surface area contributed by atoms with Gasteiger partial charge in [0.15, 0.2) is 0 Å². The van der Waals surface area contributed by atoms with Crippen molar-refractivity contribution in [1.82, 2.24) is 0 Å². The maximum atomic E-state index is 4.52. The number of halogens is 1. The molecule has 2 heteroatoms. The van der Waals surface area contributed by atoms with E-state index in [1.165, 1.54) is 24.0 Å². The molecule has 1 aliphatic carbocycles. The highest BCUT2D eigenvalue weighted by Gasteiger charge is 2.37. The zero-order valence-electron chi connectivity index (χ0n) is 10.4. The second-order valence-corrected chi connectivity index (χ2v) is 7.45. The van der Waals surface area contributed by atoms with Gasteiger partial charge in [-0.05, 0) is 62.9 Å². The Balaban J connectivity index is 2.70. The molecule has 2 rings (SSSR count). The molecule has 0 aromatic heterocycles. The summed E-state index contributed by atoms with van der Waals surface area (Å²) >= 11 is 8.11. The van der Waals surface area contributed by atoms with Crippen LogP contribution in [-0.4, -0.2) is 0 Å². The van der Waals surface area contributed by atoms with Crippen molar-refractivity contribution in [3.8, 4) is 0 Å². The Morgan fingerprint density at radius 3 is 1.94 bits per heavy atom. The topological polar surface area (TPSA) is 0 Å². The minimum absolute atomic E-state index is 0.281. The van der Waals surface area contributed by atoms with Crippen LogP contribution in [0.1, 0.15) is 51.7 Å². The SMILES string of the molecule is CC1(C)CCC(C)(C)c2cc(Br)c(S)cc21. The predicted molar refractivity (Wildman–Crippen MR) is 76.7 cm³/mol. The van der Waals surface area contributed by atoms with Gasteiger partial charge >= 0.3 is 0 Å². The van der Waals surface area contributed by atoms with Crippen molar-refractivity contribution in [3.05, 3.63) is 27.7 Å². The number of rotatable bonds is 0. The fourth-order valence-corrected chi connectivity index (χ4v) is 3.11. The summed E-state index contributed by atoms with van der Waals surface area (Å²) in [6, 6.07) is 4.50. The van der Waals surface area contributed by atoms with Gasteiger partial charge in [0.2, 0.25) is 0 Å². The zero-order valence-corrected chi connectivity index (χ0v) is 12.9. The van der Waals surface area contributed by atoms with Crippen molar-refractivity contribution in [2.45, 2.75) is 56.3 Å². The van der Waals surface area contributed by atoms with Gasteiger partial charge in [-0.25, -0.2) is 0 Å². The summed E-state index contributed by atoms with van der Waals surface area (Å²) in [4.78, 5) is 1.05. The Morgan fingerprint density at radius 1 is 1.00 bits per heavy atom. The normalized spacial score (nSPS) is 21.6. The van der Waals surface area contributed by atoms with E-state index in [1.54, 1.807) is 0 Å². The van der Waals surface area contributed by atoms with Crippen LogP contribution < -0.4 is 0 Å². The first-order valence-electron chi connectivity index (χ1n) is 5.77. The van der Waals surface area contributed by atoms with Crippen LogP contribution in [0.5, 0.6) is 0 Å². The van der Waals surface area contributed by atoms with Crippen LogP contribution in [0, 0.1) is 0 Å². The van der Waals surface area contributed by atoms with Gasteiger partial charge < -0.3 is 0 Å². The second kappa shape index (κ2) is 3.78. The van der Waals surface area contributed by atoms with Crippen molar-refractivity contribution >= 4 is 28.6 Å². The number of fused-ring (bicyclic) bond motifs is 1. The molecule has 0 atom stereocenters. The van der Waals surface area contributed by atoms with Crippen LogP contribution in [0.3, 0.4) is 0 Å². The van der Waals surface area contributed by atoms with E-state index >= 15 is 0 Å². The molecule has 0 aliphatic heterocycles. The first-order valence-corrected chi connectivity index (χ1v) is 7.01. The molecule has 0 unspecified atom stereocenters. The van der Waals surface area contributed by atoms with Gasteiger partial charge in [-0.3, -0.25) is 0 Å². The summed E-state index contributed by atoms with van der Waals surface area (Å²) in [6.45, 7) is 9.35. The molecular weight excluding hydrogens is 280 g/mol. The minimum atomic E-state index is 0.281. The van der Waals surface area contributed by atoms with Gasteiger partial charge in [0.05, 0.1) is 0 Å². The van der Waals surface area contributed by atoms with E-state index in [2.05, 4.69) is 68.4 Å². The molecule has 0 N–H and O–H groups in total. The minimum Gasteiger partial charge on any atom is -0.142 e. The van der Waals surface area contributed by atoms with Gasteiger partial charge in [-0.2, -0.15) is 0 Å². The average molecular weight is 299 g/mol. The highest BCUT2D eigenvalue weighted by atomic mass is 79.9. The summed E-state index contributed by atoms with van der Waals surface area (Å²) in [5.74, 6) is 0. The Hall–Kier alpha value is 0.0500. The molecule has 0 amide bonds. The van der Waals surface area contributed by atoms with E-state index < -0.39 is 0 Å². The number of thiol groups is 1. The molecule has 0 radical (unpaired) electrons. The molecule has 0 fully saturated rings. The van der Waals surface area contributed by atoms with Gasteiger partial charge in [0.25, 0.3) is 0 Å². The lowest BCUT2D eigenvalue weighted by atomic mass is 9.63. The largest absolute Gasteiger partial charge is 0.142 e. The quantitative estimate of drug-likeness (QED) is 0.634. The third kappa shape index (κ3) is 1.95. The van der Waals surface area contributed by atoms with Gasteiger partial charge in [-0.1, -0.05) is 27.7 Å². The summed E-state index contributed by atoms with van der Waals surface area (Å²) in [7, 11) is 0. The van der Waals surface area contributed by atoms with E-state index in [0.29, 0.717) is 0 Å². The molecule has 0 spiro atoms. The highest BCUT2D eigenvalue weighted by molar-refractivity contribution is 9.10. The van der Waals surface area contributed by atoms with Gasteiger partial charge in [0, 0.05) is 9.37 Å². The van der Waals surface area contributed by atoms with E-state index in [-0.39, 0.29) is 10.8 Å². The first-order chi connectivity index (χ1) is 7.24. The van der Waals surface area contributed by atoms with Crippen molar-refractivity contribution in [1.29, 1.82) is 0 Å². The molecule has 88 valence electrons. The van der Waals surface area contributed by atoms with Crippen LogP contribution in [-0.2, 0) is 10.8 Å². The molecule has 0 heterocycles. The van der Waals surface area contributed by atoms with Crippen LogP contribution in [0.2, 0.25) is 0 Å². The Labute approximate surface area is 112 Å². The average Bonchev–Trinajstić information content (AvgIpc) is 2.17. The van der Waals surface area contributed by atoms with Crippen LogP contribution >= 0.6 is 28.6 Å². The summed E-state index contributed by atoms with van der Waals surface area (Å²) < 4.78 is 1.11. The van der Waals surface area contributed by atoms with E-state index in [1.807, 2.05) is 0 Å². The van der Waals surface area contributed by atoms with Crippen molar-refractivity contribution in [3.63, 3.8) is 0 Å². The second-order valence-electron chi connectivity index (χ2n) is 6.12. The van der Waals surface area contributed by atoms with Crippen molar-refractivity contribution < 1.29 is 0 Å². The standard InChI is InChI=1S/C14H19BrS/c1-13(2)5-6-14(3,4)10-8-12(16)11(15)7-9(10)13/h7-8,16H,5-6H2,1-4H3. The highest BCUT2D eigenvalue weighted by Crippen LogP contribution is 2.47. The molecular formula is C14H19BrS. The van der Waals surface area contributed by atoms with Crippen LogP contribution in [0.25, 0.3) is 0 Å². The lowest BCUT2D eigenvalue weighted by Gasteiger charge is -2.42. The number of benzene rings is 1. The van der Waals surface area contributed by atoms with E-state index in [4.69, 9.17) is 0 Å². The lowest BCUT2D eigenvalue weighted by molar-refractivity contribution is 0.331. The summed E-state index contributed by atoms with van der Waals surface area (Å²) in [5, 5.41) is 0. The van der Waals surface area contributed by atoms with Crippen LogP contribution in [0.15, 0.2) is 21.5 Å². The molecule has 1 aliphatic rings. The smallest absolute Gasteiger partial charge is 0.0311 e. The summed E-state index contributed by atoms with van der Waals surface area (Å²) in [6.07, 6.45) is 2.51. The van der Waals surface area contributed by atoms with E-state index in [0.717, 1.165) is 9.37 Å². The molecule has 0 nitrogen and oxygen atoms in total. The molecule has 1 aromatic carbocycles. The van der Waals surface area contributed by atoms with Crippen molar-refractivity contribution in [2.24, 2.45) is 0 Å². The summed E-state index contributed by atoms with van der Waals surface area (Å²) in [5.41, 5.74) is 3.52.